The molecule has 0 spiro atoms. The molecule has 2 aromatic rings. The van der Waals surface area contributed by atoms with Crippen molar-refractivity contribution in [2.45, 2.75) is 45.7 Å². The fourth-order valence-corrected chi connectivity index (χ4v) is 3.82. The molecule has 0 saturated carbocycles. The molecule has 2 rings (SSSR count). The number of carbonyl (C=O) groups is 2. The van der Waals surface area contributed by atoms with Crippen molar-refractivity contribution < 1.29 is 14.3 Å². The Hall–Kier alpha value is -2.32. The number of halogens is 1. The van der Waals surface area contributed by atoms with E-state index in [0.717, 1.165) is 22.1 Å². The molecule has 0 fully saturated rings. The SMILES string of the molecule is CCN(CC)C(=O)COc1ccc(NC(=O)CCc2c(C)nc(SC)nc2C)cc1Cl. The predicted molar refractivity (Wildman–Crippen MR) is 125 cm³/mol. The van der Waals surface area contributed by atoms with E-state index in [1.807, 2.05) is 34.0 Å². The predicted octanol–water partition coefficient (Wildman–Crippen LogP) is 4.29. The zero-order valence-corrected chi connectivity index (χ0v) is 20.2. The van der Waals surface area contributed by atoms with Crippen LogP contribution < -0.4 is 10.1 Å². The van der Waals surface area contributed by atoms with Crippen LogP contribution in [-0.4, -0.2) is 52.6 Å². The smallest absolute Gasteiger partial charge is 0.260 e. The van der Waals surface area contributed by atoms with Gasteiger partial charge in [-0.2, -0.15) is 0 Å². The number of likely N-dealkylation sites (N-methyl/N-ethyl adjacent to an activating group) is 1. The quantitative estimate of drug-likeness (QED) is 0.417. The van der Waals surface area contributed by atoms with Gasteiger partial charge >= 0.3 is 0 Å². The van der Waals surface area contributed by atoms with Crippen molar-refractivity contribution in [2.75, 3.05) is 31.3 Å². The third-order valence-electron chi connectivity index (χ3n) is 4.87. The first-order valence-electron chi connectivity index (χ1n) is 10.2. The van der Waals surface area contributed by atoms with Gasteiger partial charge in [-0.25, -0.2) is 9.97 Å². The molecule has 7 nitrogen and oxygen atoms in total. The molecule has 1 N–H and O–H groups in total. The molecule has 9 heteroatoms. The van der Waals surface area contributed by atoms with Gasteiger partial charge in [0.2, 0.25) is 5.91 Å². The van der Waals surface area contributed by atoms with E-state index in [4.69, 9.17) is 16.3 Å². The van der Waals surface area contributed by atoms with Gasteiger partial charge in [-0.15, -0.1) is 0 Å². The van der Waals surface area contributed by atoms with E-state index < -0.39 is 0 Å². The summed E-state index contributed by atoms with van der Waals surface area (Å²) in [6, 6.07) is 4.97. The highest BCUT2D eigenvalue weighted by atomic mass is 35.5. The summed E-state index contributed by atoms with van der Waals surface area (Å²) in [6.45, 7) is 8.88. The molecule has 1 aromatic carbocycles. The number of hydrogen-bond acceptors (Lipinski definition) is 6. The fourth-order valence-electron chi connectivity index (χ4n) is 3.13. The van der Waals surface area contributed by atoms with Crippen LogP contribution in [0, 0.1) is 13.8 Å². The second-order valence-corrected chi connectivity index (χ2v) is 8.09. The molecule has 1 heterocycles. The van der Waals surface area contributed by atoms with Gasteiger partial charge in [0.1, 0.15) is 5.75 Å². The Kier molecular flexibility index (Phi) is 9.58. The Morgan fingerprint density at radius 2 is 1.81 bits per heavy atom. The Morgan fingerprint density at radius 1 is 1.16 bits per heavy atom. The van der Waals surface area contributed by atoms with E-state index in [0.29, 0.717) is 42.4 Å². The summed E-state index contributed by atoms with van der Waals surface area (Å²) in [4.78, 5) is 35.1. The van der Waals surface area contributed by atoms with Gasteiger partial charge in [-0.3, -0.25) is 9.59 Å². The van der Waals surface area contributed by atoms with Crippen LogP contribution in [-0.2, 0) is 16.0 Å². The summed E-state index contributed by atoms with van der Waals surface area (Å²) < 4.78 is 5.54. The van der Waals surface area contributed by atoms with Crippen LogP contribution in [0.4, 0.5) is 5.69 Å². The average molecular weight is 465 g/mol. The number of anilines is 1. The van der Waals surface area contributed by atoms with Crippen molar-refractivity contribution in [2.24, 2.45) is 0 Å². The summed E-state index contributed by atoms with van der Waals surface area (Å²) in [5.74, 6) is 0.171. The lowest BCUT2D eigenvalue weighted by atomic mass is 10.1. The van der Waals surface area contributed by atoms with Crippen molar-refractivity contribution >= 4 is 40.9 Å². The number of aryl methyl sites for hydroxylation is 2. The highest BCUT2D eigenvalue weighted by Crippen LogP contribution is 2.28. The minimum Gasteiger partial charge on any atom is -0.482 e. The maximum absolute atomic E-state index is 12.4. The number of carbonyl (C=O) groups excluding carboxylic acids is 2. The minimum absolute atomic E-state index is 0.0802. The third kappa shape index (κ3) is 7.11. The van der Waals surface area contributed by atoms with Crippen molar-refractivity contribution in [1.82, 2.24) is 14.9 Å². The summed E-state index contributed by atoms with van der Waals surface area (Å²) in [7, 11) is 0. The van der Waals surface area contributed by atoms with Crippen LogP contribution in [0.5, 0.6) is 5.75 Å². The van der Waals surface area contributed by atoms with Gasteiger partial charge in [0.15, 0.2) is 11.8 Å². The van der Waals surface area contributed by atoms with E-state index in [-0.39, 0.29) is 18.4 Å². The van der Waals surface area contributed by atoms with E-state index in [1.165, 1.54) is 11.8 Å². The number of hydrogen-bond donors (Lipinski definition) is 1. The first kappa shape index (κ1) is 24.9. The van der Waals surface area contributed by atoms with E-state index in [2.05, 4.69) is 15.3 Å². The zero-order valence-electron chi connectivity index (χ0n) is 18.6. The molecule has 31 heavy (non-hydrogen) atoms. The molecular weight excluding hydrogens is 436 g/mol. The van der Waals surface area contributed by atoms with Crippen LogP contribution in [0.2, 0.25) is 5.02 Å². The summed E-state index contributed by atoms with van der Waals surface area (Å²) in [6.07, 6.45) is 2.80. The van der Waals surface area contributed by atoms with Crippen LogP contribution in [0.3, 0.4) is 0 Å². The van der Waals surface area contributed by atoms with Crippen molar-refractivity contribution in [3.63, 3.8) is 0 Å². The molecule has 0 bridgehead atoms. The normalized spacial score (nSPS) is 10.6. The van der Waals surface area contributed by atoms with Gasteiger partial charge in [0.05, 0.1) is 5.02 Å². The van der Waals surface area contributed by atoms with E-state index in [9.17, 15) is 9.59 Å². The third-order valence-corrected chi connectivity index (χ3v) is 5.71. The van der Waals surface area contributed by atoms with Gasteiger partial charge in [0, 0.05) is 36.6 Å². The maximum Gasteiger partial charge on any atom is 0.260 e. The number of nitrogens with zero attached hydrogens (tertiary/aromatic N) is 3. The lowest BCUT2D eigenvalue weighted by Crippen LogP contribution is -2.34. The Bertz CT molecular complexity index is 912. The zero-order chi connectivity index (χ0) is 23.0. The fraction of sp³-hybridized carbons (Fsp3) is 0.455. The van der Waals surface area contributed by atoms with Crippen molar-refractivity contribution in [3.05, 3.63) is 40.2 Å². The van der Waals surface area contributed by atoms with Gasteiger partial charge in [0.25, 0.3) is 5.91 Å². The maximum atomic E-state index is 12.4. The molecule has 168 valence electrons. The van der Waals surface area contributed by atoms with Crippen LogP contribution in [0.1, 0.15) is 37.2 Å². The first-order chi connectivity index (χ1) is 14.8. The number of nitrogens with one attached hydrogen (secondary N) is 1. The molecule has 1 aromatic heterocycles. The topological polar surface area (TPSA) is 84.4 Å². The molecular formula is C22H29ClN4O3S. The molecule has 0 radical (unpaired) electrons. The van der Waals surface area contributed by atoms with Crippen LogP contribution in [0.15, 0.2) is 23.4 Å². The summed E-state index contributed by atoms with van der Waals surface area (Å²) >= 11 is 7.76. The number of amides is 2. The van der Waals surface area contributed by atoms with E-state index in [1.54, 1.807) is 23.1 Å². The average Bonchev–Trinajstić information content (AvgIpc) is 2.73. The first-order valence-corrected chi connectivity index (χ1v) is 11.8. The second kappa shape index (κ2) is 11.9. The van der Waals surface area contributed by atoms with Crippen molar-refractivity contribution in [3.8, 4) is 5.75 Å². The monoisotopic (exact) mass is 464 g/mol. The molecule has 0 aliphatic carbocycles. The Labute approximate surface area is 192 Å². The lowest BCUT2D eigenvalue weighted by molar-refractivity contribution is -0.133. The number of benzene rings is 1. The lowest BCUT2D eigenvalue weighted by Gasteiger charge is -2.19. The largest absolute Gasteiger partial charge is 0.482 e. The van der Waals surface area contributed by atoms with Crippen molar-refractivity contribution in [1.29, 1.82) is 0 Å². The minimum atomic E-state index is -0.130. The standard InChI is InChI=1S/C22H29ClN4O3S/c1-6-27(7-2)21(29)13-30-19-10-8-16(12-18(19)23)26-20(28)11-9-17-14(3)24-22(31-5)25-15(17)4/h8,10,12H,6-7,9,11,13H2,1-5H3,(H,26,28). The molecule has 0 atom stereocenters. The second-order valence-electron chi connectivity index (χ2n) is 6.91. The van der Waals surface area contributed by atoms with Gasteiger partial charge in [-0.05, 0) is 64.1 Å². The highest BCUT2D eigenvalue weighted by Gasteiger charge is 2.13. The molecule has 0 unspecified atom stereocenters. The summed E-state index contributed by atoms with van der Waals surface area (Å²) in [5, 5.41) is 3.91. The van der Waals surface area contributed by atoms with Crippen LogP contribution in [0.25, 0.3) is 0 Å². The van der Waals surface area contributed by atoms with Gasteiger partial charge in [-0.1, -0.05) is 23.4 Å². The number of ether oxygens (including phenoxy) is 1. The highest BCUT2D eigenvalue weighted by molar-refractivity contribution is 7.98. The Balaban J connectivity index is 1.93. The number of thioether (sulfide) groups is 1. The van der Waals surface area contributed by atoms with E-state index >= 15 is 0 Å². The molecule has 0 aliphatic rings. The Morgan fingerprint density at radius 3 is 2.35 bits per heavy atom. The van der Waals surface area contributed by atoms with Crippen LogP contribution >= 0.6 is 23.4 Å². The molecule has 0 aliphatic heterocycles. The summed E-state index contributed by atoms with van der Waals surface area (Å²) in [5.41, 5.74) is 3.36. The van der Waals surface area contributed by atoms with Gasteiger partial charge < -0.3 is 15.0 Å². The molecule has 2 amide bonds. The number of aromatic nitrogens is 2. The molecule has 0 saturated heterocycles. The number of rotatable bonds is 10.